The Bertz CT molecular complexity index is 607. The molecule has 6 heteroatoms. The highest BCUT2D eigenvalue weighted by atomic mass is 16.5. The molecular formula is C16H19N3O3. The van der Waals surface area contributed by atoms with Gasteiger partial charge in [0, 0.05) is 32.0 Å². The number of furan rings is 1. The van der Waals surface area contributed by atoms with Crippen LogP contribution in [0, 0.1) is 0 Å². The quantitative estimate of drug-likeness (QED) is 0.908. The number of nitrogens with one attached hydrogen (secondary N) is 2. The molecule has 0 atom stereocenters. The summed E-state index contributed by atoms with van der Waals surface area (Å²) in [5, 5.41) is 5.84. The van der Waals surface area contributed by atoms with Gasteiger partial charge in [0.25, 0.3) is 0 Å². The average Bonchev–Trinajstić information content (AvgIpc) is 3.09. The molecule has 2 aromatic rings. The Balaban J connectivity index is 1.52. The standard InChI is InChI=1S/C16H19N3O3/c20-16(19-13-4-8-21-9-5-13)18-11-12-3-6-17-14(10-12)15-2-1-7-22-15/h1-3,6-7,10,13H,4-5,8-9,11H2,(H2,18,19,20). The summed E-state index contributed by atoms with van der Waals surface area (Å²) < 4.78 is 10.6. The lowest BCUT2D eigenvalue weighted by Crippen LogP contribution is -2.44. The maximum Gasteiger partial charge on any atom is 0.315 e. The summed E-state index contributed by atoms with van der Waals surface area (Å²) in [5.74, 6) is 0.716. The van der Waals surface area contributed by atoms with Crippen molar-refractivity contribution in [2.75, 3.05) is 13.2 Å². The molecule has 2 amide bonds. The van der Waals surface area contributed by atoms with Crippen LogP contribution in [0.3, 0.4) is 0 Å². The van der Waals surface area contributed by atoms with Crippen molar-refractivity contribution in [3.63, 3.8) is 0 Å². The number of aromatic nitrogens is 1. The lowest BCUT2D eigenvalue weighted by Gasteiger charge is -2.23. The number of carbonyl (C=O) groups excluding carboxylic acids is 1. The third kappa shape index (κ3) is 3.85. The molecule has 1 aliphatic rings. The zero-order valence-electron chi connectivity index (χ0n) is 12.2. The van der Waals surface area contributed by atoms with Gasteiger partial charge in [-0.1, -0.05) is 0 Å². The predicted molar refractivity (Wildman–Crippen MR) is 81.2 cm³/mol. The summed E-state index contributed by atoms with van der Waals surface area (Å²) in [6.45, 7) is 1.87. The van der Waals surface area contributed by atoms with E-state index in [0.29, 0.717) is 25.5 Å². The van der Waals surface area contributed by atoms with Crippen molar-refractivity contribution in [2.45, 2.75) is 25.4 Å². The van der Waals surface area contributed by atoms with Crippen LogP contribution in [0.4, 0.5) is 4.79 Å². The van der Waals surface area contributed by atoms with E-state index >= 15 is 0 Å². The lowest BCUT2D eigenvalue weighted by molar-refractivity contribution is 0.0801. The minimum absolute atomic E-state index is 0.150. The van der Waals surface area contributed by atoms with Crippen molar-refractivity contribution in [3.05, 3.63) is 42.3 Å². The normalized spacial score (nSPS) is 15.5. The Labute approximate surface area is 128 Å². The second-order valence-electron chi connectivity index (χ2n) is 5.24. The van der Waals surface area contributed by atoms with Gasteiger partial charge < -0.3 is 19.8 Å². The molecule has 1 fully saturated rings. The number of urea groups is 1. The summed E-state index contributed by atoms with van der Waals surface area (Å²) in [5.41, 5.74) is 1.73. The number of ether oxygens (including phenoxy) is 1. The maximum atomic E-state index is 11.9. The van der Waals surface area contributed by atoms with E-state index in [0.717, 1.165) is 24.1 Å². The topological polar surface area (TPSA) is 76.4 Å². The third-order valence-electron chi connectivity index (χ3n) is 3.61. The van der Waals surface area contributed by atoms with Gasteiger partial charge in [0.1, 0.15) is 5.69 Å². The SMILES string of the molecule is O=C(NCc1ccnc(-c2ccco2)c1)NC1CCOCC1. The van der Waals surface area contributed by atoms with Gasteiger partial charge in [0.05, 0.1) is 6.26 Å². The first-order chi connectivity index (χ1) is 10.8. The lowest BCUT2D eigenvalue weighted by atomic mass is 10.1. The van der Waals surface area contributed by atoms with E-state index < -0.39 is 0 Å². The van der Waals surface area contributed by atoms with Gasteiger partial charge in [-0.05, 0) is 42.7 Å². The molecular weight excluding hydrogens is 282 g/mol. The van der Waals surface area contributed by atoms with E-state index in [1.54, 1.807) is 12.5 Å². The maximum absolute atomic E-state index is 11.9. The molecule has 2 aromatic heterocycles. The Hall–Kier alpha value is -2.34. The van der Waals surface area contributed by atoms with Crippen LogP contribution in [-0.2, 0) is 11.3 Å². The molecule has 0 bridgehead atoms. The van der Waals surface area contributed by atoms with Gasteiger partial charge in [-0.3, -0.25) is 4.98 Å². The summed E-state index contributed by atoms with van der Waals surface area (Å²) >= 11 is 0. The van der Waals surface area contributed by atoms with Crippen LogP contribution < -0.4 is 10.6 Å². The summed E-state index contributed by atoms with van der Waals surface area (Å²) in [6, 6.07) is 7.52. The van der Waals surface area contributed by atoms with Crippen molar-refractivity contribution >= 4 is 6.03 Å². The molecule has 0 unspecified atom stereocenters. The zero-order chi connectivity index (χ0) is 15.2. The fourth-order valence-corrected chi connectivity index (χ4v) is 2.40. The number of nitrogens with zero attached hydrogens (tertiary/aromatic N) is 1. The summed E-state index contributed by atoms with van der Waals surface area (Å²) in [4.78, 5) is 16.2. The van der Waals surface area contributed by atoms with Crippen LogP contribution in [0.15, 0.2) is 41.1 Å². The minimum atomic E-state index is -0.150. The largest absolute Gasteiger partial charge is 0.463 e. The predicted octanol–water partition coefficient (Wildman–Crippen LogP) is 2.32. The Kier molecular flexibility index (Phi) is 4.70. The van der Waals surface area contributed by atoms with Gasteiger partial charge in [0.15, 0.2) is 5.76 Å². The second kappa shape index (κ2) is 7.09. The van der Waals surface area contributed by atoms with Crippen LogP contribution in [0.1, 0.15) is 18.4 Å². The van der Waals surface area contributed by atoms with Gasteiger partial charge in [-0.25, -0.2) is 4.79 Å². The summed E-state index contributed by atoms with van der Waals surface area (Å²) in [7, 11) is 0. The molecule has 0 radical (unpaired) electrons. The Morgan fingerprint density at radius 3 is 2.95 bits per heavy atom. The number of amides is 2. The van der Waals surface area contributed by atoms with Gasteiger partial charge >= 0.3 is 6.03 Å². The fraction of sp³-hybridized carbons (Fsp3) is 0.375. The smallest absolute Gasteiger partial charge is 0.315 e. The van der Waals surface area contributed by atoms with E-state index in [-0.39, 0.29) is 12.1 Å². The highest BCUT2D eigenvalue weighted by Crippen LogP contribution is 2.17. The molecule has 6 nitrogen and oxygen atoms in total. The highest BCUT2D eigenvalue weighted by Gasteiger charge is 2.15. The fourth-order valence-electron chi connectivity index (χ4n) is 2.40. The first-order valence-corrected chi connectivity index (χ1v) is 7.42. The molecule has 3 rings (SSSR count). The second-order valence-corrected chi connectivity index (χ2v) is 5.24. The first kappa shape index (κ1) is 14.6. The molecule has 0 saturated carbocycles. The Morgan fingerprint density at radius 1 is 1.32 bits per heavy atom. The Morgan fingerprint density at radius 2 is 2.18 bits per heavy atom. The van der Waals surface area contributed by atoms with Crippen LogP contribution in [0.2, 0.25) is 0 Å². The van der Waals surface area contributed by atoms with Crippen molar-refractivity contribution < 1.29 is 13.9 Å². The first-order valence-electron chi connectivity index (χ1n) is 7.42. The van der Waals surface area contributed by atoms with Gasteiger partial charge in [-0.15, -0.1) is 0 Å². The number of hydrogen-bond donors (Lipinski definition) is 2. The molecule has 0 aliphatic carbocycles. The molecule has 0 aromatic carbocycles. The minimum Gasteiger partial charge on any atom is -0.463 e. The van der Waals surface area contributed by atoms with Crippen LogP contribution in [0.25, 0.3) is 11.5 Å². The zero-order valence-corrected chi connectivity index (χ0v) is 12.2. The molecule has 116 valence electrons. The van der Waals surface area contributed by atoms with Crippen molar-refractivity contribution in [1.82, 2.24) is 15.6 Å². The monoisotopic (exact) mass is 301 g/mol. The molecule has 1 saturated heterocycles. The molecule has 0 spiro atoms. The van der Waals surface area contributed by atoms with Gasteiger partial charge in [0.2, 0.25) is 0 Å². The van der Waals surface area contributed by atoms with E-state index in [1.165, 1.54) is 0 Å². The van der Waals surface area contributed by atoms with Crippen LogP contribution >= 0.6 is 0 Å². The summed E-state index contributed by atoms with van der Waals surface area (Å²) in [6.07, 6.45) is 5.06. The van der Waals surface area contributed by atoms with Crippen molar-refractivity contribution in [2.24, 2.45) is 0 Å². The average molecular weight is 301 g/mol. The third-order valence-corrected chi connectivity index (χ3v) is 3.61. The van der Waals surface area contributed by atoms with E-state index in [9.17, 15) is 4.79 Å². The number of pyridine rings is 1. The van der Waals surface area contributed by atoms with Crippen LogP contribution in [0.5, 0.6) is 0 Å². The van der Waals surface area contributed by atoms with E-state index in [2.05, 4.69) is 15.6 Å². The molecule has 3 heterocycles. The van der Waals surface area contributed by atoms with E-state index in [1.807, 2.05) is 24.3 Å². The number of rotatable bonds is 4. The van der Waals surface area contributed by atoms with E-state index in [4.69, 9.17) is 9.15 Å². The molecule has 2 N–H and O–H groups in total. The van der Waals surface area contributed by atoms with Crippen molar-refractivity contribution in [1.29, 1.82) is 0 Å². The number of carbonyl (C=O) groups is 1. The highest BCUT2D eigenvalue weighted by molar-refractivity contribution is 5.74. The van der Waals surface area contributed by atoms with Crippen molar-refractivity contribution in [3.8, 4) is 11.5 Å². The molecule has 1 aliphatic heterocycles. The van der Waals surface area contributed by atoms with Gasteiger partial charge in [-0.2, -0.15) is 0 Å². The van der Waals surface area contributed by atoms with Crippen LogP contribution in [-0.4, -0.2) is 30.3 Å². The molecule has 22 heavy (non-hydrogen) atoms. The number of hydrogen-bond acceptors (Lipinski definition) is 4.